The first-order valence-electron chi connectivity index (χ1n) is 6.04. The standard InChI is InChI=1S/C12H21NO3/c1-12(2,3)16-11(15)13-9-4-5-10(13)8(6-9)7-14/h8-10,14H,4-7H2,1-3H3/t8-,9+,10-/m0/s1. The summed E-state index contributed by atoms with van der Waals surface area (Å²) in [6, 6.07) is 0.488. The summed E-state index contributed by atoms with van der Waals surface area (Å²) in [7, 11) is 0. The Balaban J connectivity index is 2.03. The molecule has 1 N–H and O–H groups in total. The maximum atomic E-state index is 12.0. The average molecular weight is 227 g/mol. The van der Waals surface area contributed by atoms with Gasteiger partial charge in [0.05, 0.1) is 0 Å². The fourth-order valence-corrected chi connectivity index (χ4v) is 2.91. The second-order valence-corrected chi connectivity index (χ2v) is 5.86. The van der Waals surface area contributed by atoms with E-state index >= 15 is 0 Å². The lowest BCUT2D eigenvalue weighted by Crippen LogP contribution is -2.40. The SMILES string of the molecule is CC(C)(C)OC(=O)N1[C@@H]2CC[C@H]1[C@H](CO)C2. The van der Waals surface area contributed by atoms with Crippen LogP contribution in [0.3, 0.4) is 0 Å². The van der Waals surface area contributed by atoms with E-state index in [1.165, 1.54) is 0 Å². The van der Waals surface area contributed by atoms with E-state index in [0.717, 1.165) is 19.3 Å². The molecule has 0 unspecified atom stereocenters. The lowest BCUT2D eigenvalue weighted by Gasteiger charge is -2.28. The molecule has 0 aromatic heterocycles. The fraction of sp³-hybridized carbons (Fsp3) is 0.917. The summed E-state index contributed by atoms with van der Waals surface area (Å²) >= 11 is 0. The third-order valence-electron chi connectivity index (χ3n) is 3.50. The van der Waals surface area contributed by atoms with E-state index in [1.807, 2.05) is 25.7 Å². The monoisotopic (exact) mass is 227 g/mol. The maximum absolute atomic E-state index is 12.0. The van der Waals surface area contributed by atoms with Gasteiger partial charge >= 0.3 is 6.09 Å². The molecule has 2 heterocycles. The van der Waals surface area contributed by atoms with Gasteiger partial charge in [-0.05, 0) is 40.0 Å². The summed E-state index contributed by atoms with van der Waals surface area (Å²) in [5.74, 6) is 0.256. The Hall–Kier alpha value is -0.770. The van der Waals surface area contributed by atoms with Crippen LogP contribution in [0.15, 0.2) is 0 Å². The molecule has 1 amide bonds. The summed E-state index contributed by atoms with van der Waals surface area (Å²) in [6.45, 7) is 5.83. The van der Waals surface area contributed by atoms with Gasteiger partial charge in [-0.15, -0.1) is 0 Å². The largest absolute Gasteiger partial charge is 0.444 e. The predicted molar refractivity (Wildman–Crippen MR) is 60.1 cm³/mol. The number of amides is 1. The van der Waals surface area contributed by atoms with Gasteiger partial charge in [0.1, 0.15) is 5.60 Å². The number of carbonyl (C=O) groups is 1. The van der Waals surface area contributed by atoms with Crippen LogP contribution in [0, 0.1) is 5.92 Å². The van der Waals surface area contributed by atoms with Gasteiger partial charge < -0.3 is 14.7 Å². The molecule has 0 aromatic rings. The van der Waals surface area contributed by atoms with Crippen LogP contribution in [0.1, 0.15) is 40.0 Å². The van der Waals surface area contributed by atoms with Gasteiger partial charge in [0.15, 0.2) is 0 Å². The topological polar surface area (TPSA) is 49.8 Å². The lowest BCUT2D eigenvalue weighted by atomic mass is 9.90. The number of carbonyl (C=O) groups excluding carboxylic acids is 1. The minimum absolute atomic E-state index is 0.181. The second-order valence-electron chi connectivity index (χ2n) is 5.86. The summed E-state index contributed by atoms with van der Waals surface area (Å²) < 4.78 is 5.40. The molecule has 2 bridgehead atoms. The minimum Gasteiger partial charge on any atom is -0.444 e. The van der Waals surface area contributed by atoms with E-state index in [4.69, 9.17) is 4.74 Å². The van der Waals surface area contributed by atoms with Crippen molar-refractivity contribution in [1.29, 1.82) is 0 Å². The van der Waals surface area contributed by atoms with Gasteiger partial charge in [-0.1, -0.05) is 0 Å². The molecule has 92 valence electrons. The van der Waals surface area contributed by atoms with Gasteiger partial charge in [0.25, 0.3) is 0 Å². The van der Waals surface area contributed by atoms with Crippen molar-refractivity contribution < 1.29 is 14.6 Å². The first kappa shape index (κ1) is 11.7. The summed E-state index contributed by atoms with van der Waals surface area (Å²) in [5.41, 5.74) is -0.437. The lowest BCUT2D eigenvalue weighted by molar-refractivity contribution is 0.0197. The smallest absolute Gasteiger partial charge is 0.410 e. The van der Waals surface area contributed by atoms with E-state index in [2.05, 4.69) is 0 Å². The van der Waals surface area contributed by atoms with Crippen LogP contribution >= 0.6 is 0 Å². The van der Waals surface area contributed by atoms with Crippen LogP contribution in [0.5, 0.6) is 0 Å². The van der Waals surface area contributed by atoms with E-state index in [1.54, 1.807) is 0 Å². The highest BCUT2D eigenvalue weighted by molar-refractivity contribution is 5.70. The Kier molecular flexibility index (Phi) is 2.86. The van der Waals surface area contributed by atoms with Gasteiger partial charge in [0, 0.05) is 24.6 Å². The Morgan fingerprint density at radius 2 is 2.12 bits per heavy atom. The minimum atomic E-state index is -0.437. The molecule has 4 nitrogen and oxygen atoms in total. The number of nitrogens with zero attached hydrogens (tertiary/aromatic N) is 1. The first-order chi connectivity index (χ1) is 7.42. The Labute approximate surface area is 96.6 Å². The number of hydrogen-bond acceptors (Lipinski definition) is 3. The molecule has 0 aliphatic carbocycles. The van der Waals surface area contributed by atoms with Crippen molar-refractivity contribution >= 4 is 6.09 Å². The number of aliphatic hydroxyl groups is 1. The number of aliphatic hydroxyl groups excluding tert-OH is 1. The highest BCUT2D eigenvalue weighted by Gasteiger charge is 2.49. The zero-order valence-corrected chi connectivity index (χ0v) is 10.3. The van der Waals surface area contributed by atoms with Crippen molar-refractivity contribution in [3.8, 4) is 0 Å². The van der Waals surface area contributed by atoms with Crippen LogP contribution < -0.4 is 0 Å². The quantitative estimate of drug-likeness (QED) is 0.742. The second kappa shape index (κ2) is 3.91. The van der Waals surface area contributed by atoms with Gasteiger partial charge in [0.2, 0.25) is 0 Å². The highest BCUT2D eigenvalue weighted by atomic mass is 16.6. The average Bonchev–Trinajstić information content (AvgIpc) is 2.70. The van der Waals surface area contributed by atoms with Crippen molar-refractivity contribution in [2.45, 2.75) is 57.7 Å². The molecule has 2 rings (SSSR count). The van der Waals surface area contributed by atoms with Crippen molar-refractivity contribution in [3.63, 3.8) is 0 Å². The number of fused-ring (bicyclic) bond motifs is 2. The maximum Gasteiger partial charge on any atom is 0.410 e. The van der Waals surface area contributed by atoms with E-state index < -0.39 is 5.60 Å². The number of rotatable bonds is 1. The van der Waals surface area contributed by atoms with E-state index in [9.17, 15) is 9.90 Å². The molecule has 2 fully saturated rings. The van der Waals surface area contributed by atoms with Crippen LogP contribution in [0.4, 0.5) is 4.79 Å². The molecular formula is C12H21NO3. The predicted octanol–water partition coefficient (Wildman–Crippen LogP) is 1.77. The molecular weight excluding hydrogens is 206 g/mol. The third-order valence-corrected chi connectivity index (χ3v) is 3.50. The van der Waals surface area contributed by atoms with Crippen molar-refractivity contribution in [2.75, 3.05) is 6.61 Å². The summed E-state index contributed by atoms with van der Waals surface area (Å²) in [5, 5.41) is 9.24. The van der Waals surface area contributed by atoms with Crippen molar-refractivity contribution in [1.82, 2.24) is 4.90 Å². The zero-order valence-electron chi connectivity index (χ0n) is 10.3. The Morgan fingerprint density at radius 3 is 2.62 bits per heavy atom. The zero-order chi connectivity index (χ0) is 11.9. The molecule has 2 aliphatic rings. The van der Waals surface area contributed by atoms with E-state index in [-0.39, 0.29) is 30.7 Å². The molecule has 16 heavy (non-hydrogen) atoms. The van der Waals surface area contributed by atoms with Crippen molar-refractivity contribution in [3.05, 3.63) is 0 Å². The molecule has 2 aliphatic heterocycles. The van der Waals surface area contributed by atoms with Crippen LogP contribution in [0.2, 0.25) is 0 Å². The van der Waals surface area contributed by atoms with Crippen molar-refractivity contribution in [2.24, 2.45) is 5.92 Å². The van der Waals surface area contributed by atoms with Crippen LogP contribution in [-0.4, -0.2) is 40.4 Å². The third kappa shape index (κ3) is 2.03. The summed E-state index contributed by atoms with van der Waals surface area (Å²) in [6.07, 6.45) is 2.78. The molecule has 4 heteroatoms. The molecule has 3 atom stereocenters. The molecule has 0 radical (unpaired) electrons. The number of hydrogen-bond donors (Lipinski definition) is 1. The van der Waals surface area contributed by atoms with Crippen LogP contribution in [0.25, 0.3) is 0 Å². The molecule has 0 saturated carbocycles. The van der Waals surface area contributed by atoms with Gasteiger partial charge in [-0.25, -0.2) is 4.79 Å². The highest BCUT2D eigenvalue weighted by Crippen LogP contribution is 2.42. The Morgan fingerprint density at radius 1 is 1.44 bits per heavy atom. The van der Waals surface area contributed by atoms with E-state index in [0.29, 0.717) is 0 Å². The van der Waals surface area contributed by atoms with Gasteiger partial charge in [-0.2, -0.15) is 0 Å². The molecule has 2 saturated heterocycles. The first-order valence-corrected chi connectivity index (χ1v) is 6.04. The molecule has 0 aromatic carbocycles. The van der Waals surface area contributed by atoms with Gasteiger partial charge in [-0.3, -0.25) is 0 Å². The molecule has 0 spiro atoms. The fourth-order valence-electron chi connectivity index (χ4n) is 2.91. The Bertz CT molecular complexity index is 284. The summed E-state index contributed by atoms with van der Waals surface area (Å²) in [4.78, 5) is 13.9. The van der Waals surface area contributed by atoms with Crippen LogP contribution in [-0.2, 0) is 4.74 Å². The normalized spacial score (nSPS) is 33.2. The number of ether oxygens (including phenoxy) is 1.